The molecule has 30 heavy (non-hydrogen) atoms. The molecule has 0 N–H and O–H groups in total. The molecule has 5 heteroatoms. The quantitative estimate of drug-likeness (QED) is 0.533. The molecule has 0 radical (unpaired) electrons. The van der Waals surface area contributed by atoms with Crippen LogP contribution in [0.15, 0.2) is 18.3 Å². The van der Waals surface area contributed by atoms with Gasteiger partial charge in [-0.1, -0.05) is 45.1 Å². The van der Waals surface area contributed by atoms with E-state index in [0.717, 1.165) is 51.0 Å². The highest BCUT2D eigenvalue weighted by Gasteiger charge is 2.35. The molecule has 1 saturated heterocycles. The topological polar surface area (TPSA) is 45.7 Å². The van der Waals surface area contributed by atoms with Crippen molar-refractivity contribution in [2.45, 2.75) is 110 Å². The fourth-order valence-electron chi connectivity index (χ4n) is 4.90. The maximum atomic E-state index is 13.4. The number of amides is 1. The third kappa shape index (κ3) is 5.96. The highest BCUT2D eigenvalue weighted by Crippen LogP contribution is 2.38. The zero-order chi connectivity index (χ0) is 21.6. The van der Waals surface area contributed by atoms with E-state index in [4.69, 9.17) is 9.72 Å². The Morgan fingerprint density at radius 3 is 2.60 bits per heavy atom. The van der Waals surface area contributed by atoms with Gasteiger partial charge in [0, 0.05) is 23.8 Å². The highest BCUT2D eigenvalue weighted by atomic mass is 16.6. The molecule has 0 bridgehead atoms. The van der Waals surface area contributed by atoms with Gasteiger partial charge in [0.2, 0.25) is 0 Å². The molecule has 2 heterocycles. The molecule has 0 unspecified atom stereocenters. The minimum Gasteiger partial charge on any atom is -0.443 e. The van der Waals surface area contributed by atoms with Crippen molar-refractivity contribution in [1.82, 2.24) is 9.88 Å². The van der Waals surface area contributed by atoms with E-state index in [9.17, 15) is 4.79 Å². The number of anilines is 1. The summed E-state index contributed by atoms with van der Waals surface area (Å²) in [6.07, 6.45) is 13.3. The first-order chi connectivity index (χ1) is 14.4. The Balaban J connectivity index is 1.96. The van der Waals surface area contributed by atoms with Crippen LogP contribution in [-0.4, -0.2) is 40.7 Å². The van der Waals surface area contributed by atoms with Gasteiger partial charge in [-0.05, 0) is 72.0 Å². The van der Waals surface area contributed by atoms with Crippen LogP contribution in [0.3, 0.4) is 0 Å². The Morgan fingerprint density at radius 1 is 1.17 bits per heavy atom. The largest absolute Gasteiger partial charge is 0.443 e. The van der Waals surface area contributed by atoms with Gasteiger partial charge in [0.1, 0.15) is 11.4 Å². The monoisotopic (exact) mass is 415 g/mol. The number of rotatable bonds is 6. The normalized spacial score (nSPS) is 21.4. The first-order valence-electron chi connectivity index (χ1n) is 12.1. The highest BCUT2D eigenvalue weighted by molar-refractivity contribution is 5.88. The van der Waals surface area contributed by atoms with Crippen molar-refractivity contribution in [2.75, 3.05) is 18.0 Å². The number of unbranched alkanes of at least 4 members (excludes halogenated alkanes) is 1. The maximum absolute atomic E-state index is 13.4. The Morgan fingerprint density at radius 2 is 1.90 bits per heavy atom. The van der Waals surface area contributed by atoms with Crippen LogP contribution in [0.25, 0.3) is 0 Å². The molecule has 0 spiro atoms. The molecule has 1 amide bonds. The molecule has 168 valence electrons. The van der Waals surface area contributed by atoms with Gasteiger partial charge in [0.15, 0.2) is 0 Å². The molecule has 2 aliphatic rings. The molecule has 1 aliphatic heterocycles. The molecular formula is C25H41N3O2. The molecule has 2 fully saturated rings. The summed E-state index contributed by atoms with van der Waals surface area (Å²) in [5, 5.41) is 0. The predicted molar refractivity (Wildman–Crippen MR) is 123 cm³/mol. The van der Waals surface area contributed by atoms with Crippen LogP contribution in [0.5, 0.6) is 0 Å². The standard InChI is InChI=1S/C25H41N3O2/c1-5-6-18-27-19-11-10-16-22(27)21-15-12-17-26-23(21)28(20-13-8-7-9-14-20)24(29)30-25(2,3)4/h12,15,17,20,22H,5-11,13-14,16,18-19H2,1-4H3/t22-/m1/s1. The number of carbonyl (C=O) groups excluding carboxylic acids is 1. The number of carbonyl (C=O) groups is 1. The number of hydrogen-bond donors (Lipinski definition) is 0. The van der Waals surface area contributed by atoms with E-state index in [1.807, 2.05) is 37.9 Å². The van der Waals surface area contributed by atoms with Gasteiger partial charge in [-0.2, -0.15) is 0 Å². The fraction of sp³-hybridized carbons (Fsp3) is 0.760. The van der Waals surface area contributed by atoms with Crippen LogP contribution in [0.2, 0.25) is 0 Å². The number of aromatic nitrogens is 1. The van der Waals surface area contributed by atoms with Gasteiger partial charge in [-0.25, -0.2) is 9.78 Å². The molecular weight excluding hydrogens is 374 g/mol. The summed E-state index contributed by atoms with van der Waals surface area (Å²) in [6, 6.07) is 4.73. The van der Waals surface area contributed by atoms with Crippen molar-refractivity contribution in [3.8, 4) is 0 Å². The Hall–Kier alpha value is -1.62. The van der Waals surface area contributed by atoms with Crippen LogP contribution >= 0.6 is 0 Å². The van der Waals surface area contributed by atoms with E-state index in [1.54, 1.807) is 0 Å². The zero-order valence-corrected chi connectivity index (χ0v) is 19.5. The summed E-state index contributed by atoms with van der Waals surface area (Å²) in [6.45, 7) is 10.3. The van der Waals surface area contributed by atoms with Crippen molar-refractivity contribution in [3.05, 3.63) is 23.9 Å². The minimum absolute atomic E-state index is 0.176. The van der Waals surface area contributed by atoms with Gasteiger partial charge in [0.05, 0.1) is 0 Å². The van der Waals surface area contributed by atoms with E-state index in [1.165, 1.54) is 37.7 Å². The number of piperidine rings is 1. The number of pyridine rings is 1. The van der Waals surface area contributed by atoms with E-state index in [2.05, 4.69) is 17.9 Å². The lowest BCUT2D eigenvalue weighted by atomic mass is 9.92. The summed E-state index contributed by atoms with van der Waals surface area (Å²) in [5.74, 6) is 0.826. The van der Waals surface area contributed by atoms with Crippen LogP contribution in [0.1, 0.15) is 104 Å². The maximum Gasteiger partial charge on any atom is 0.416 e. The third-order valence-electron chi connectivity index (χ3n) is 6.35. The summed E-state index contributed by atoms with van der Waals surface area (Å²) in [4.78, 5) is 22.7. The second kappa shape index (κ2) is 10.6. The second-order valence-electron chi connectivity index (χ2n) is 9.96. The molecule has 3 rings (SSSR count). The predicted octanol–water partition coefficient (Wildman–Crippen LogP) is 6.48. The first kappa shape index (κ1) is 23.1. The van der Waals surface area contributed by atoms with E-state index < -0.39 is 5.60 Å². The lowest BCUT2D eigenvalue weighted by Gasteiger charge is -2.40. The number of nitrogens with zero attached hydrogens (tertiary/aromatic N) is 3. The molecule has 0 aromatic carbocycles. The van der Waals surface area contributed by atoms with Crippen molar-refractivity contribution in [2.24, 2.45) is 0 Å². The lowest BCUT2D eigenvalue weighted by Crippen LogP contribution is -2.46. The number of likely N-dealkylation sites (tertiary alicyclic amines) is 1. The van der Waals surface area contributed by atoms with Crippen molar-refractivity contribution in [1.29, 1.82) is 0 Å². The fourth-order valence-corrected chi connectivity index (χ4v) is 4.90. The minimum atomic E-state index is -0.517. The molecule has 1 aromatic rings. The van der Waals surface area contributed by atoms with Crippen molar-refractivity contribution in [3.63, 3.8) is 0 Å². The van der Waals surface area contributed by atoms with Crippen LogP contribution in [-0.2, 0) is 4.74 Å². The molecule has 1 aromatic heterocycles. The lowest BCUT2D eigenvalue weighted by molar-refractivity contribution is 0.0555. The van der Waals surface area contributed by atoms with Crippen LogP contribution in [0.4, 0.5) is 10.6 Å². The SMILES string of the molecule is CCCCN1CCCC[C@@H]1c1cccnc1N(C(=O)OC(C)(C)C)C1CCCCC1. The summed E-state index contributed by atoms with van der Waals surface area (Å²) in [5.41, 5.74) is 0.682. The summed E-state index contributed by atoms with van der Waals surface area (Å²) < 4.78 is 5.87. The van der Waals surface area contributed by atoms with Gasteiger partial charge >= 0.3 is 6.09 Å². The van der Waals surface area contributed by atoms with Crippen molar-refractivity contribution < 1.29 is 9.53 Å². The number of ether oxygens (including phenoxy) is 1. The van der Waals surface area contributed by atoms with Gasteiger partial charge in [-0.3, -0.25) is 9.80 Å². The van der Waals surface area contributed by atoms with E-state index >= 15 is 0 Å². The first-order valence-corrected chi connectivity index (χ1v) is 12.1. The Kier molecular flexibility index (Phi) is 8.15. The molecule has 5 nitrogen and oxygen atoms in total. The molecule has 1 atom stereocenters. The smallest absolute Gasteiger partial charge is 0.416 e. The molecule has 1 aliphatic carbocycles. The second-order valence-corrected chi connectivity index (χ2v) is 9.96. The van der Waals surface area contributed by atoms with Gasteiger partial charge in [0.25, 0.3) is 0 Å². The third-order valence-corrected chi connectivity index (χ3v) is 6.35. The van der Waals surface area contributed by atoms with Crippen LogP contribution < -0.4 is 4.90 Å². The summed E-state index contributed by atoms with van der Waals surface area (Å²) >= 11 is 0. The molecule has 1 saturated carbocycles. The van der Waals surface area contributed by atoms with Crippen LogP contribution in [0, 0.1) is 0 Å². The zero-order valence-electron chi connectivity index (χ0n) is 19.5. The van der Waals surface area contributed by atoms with Crippen molar-refractivity contribution >= 4 is 11.9 Å². The Labute approximate surface area is 183 Å². The van der Waals surface area contributed by atoms with E-state index in [0.29, 0.717) is 6.04 Å². The summed E-state index contributed by atoms with van der Waals surface area (Å²) in [7, 11) is 0. The number of hydrogen-bond acceptors (Lipinski definition) is 4. The average molecular weight is 416 g/mol. The van der Waals surface area contributed by atoms with Gasteiger partial charge < -0.3 is 4.74 Å². The Bertz CT molecular complexity index is 679. The average Bonchev–Trinajstić information content (AvgIpc) is 2.72. The van der Waals surface area contributed by atoms with Gasteiger partial charge in [-0.15, -0.1) is 0 Å². The van der Waals surface area contributed by atoms with E-state index in [-0.39, 0.29) is 12.1 Å².